The number of aliphatic hydroxyl groups is 1. The molecule has 98 valence electrons. The zero-order valence-electron chi connectivity index (χ0n) is 9.51. The minimum absolute atomic E-state index is 0.00104. The van der Waals surface area contributed by atoms with Crippen LogP contribution in [0.3, 0.4) is 0 Å². The summed E-state index contributed by atoms with van der Waals surface area (Å²) in [6.07, 6.45) is 1.73. The Morgan fingerprint density at radius 1 is 1.50 bits per heavy atom. The van der Waals surface area contributed by atoms with Crippen molar-refractivity contribution in [3.63, 3.8) is 0 Å². The minimum Gasteiger partial charge on any atom is -0.478 e. The van der Waals surface area contributed by atoms with E-state index in [1.54, 1.807) is 0 Å². The monoisotopic (exact) mass is 271 g/mol. The van der Waals surface area contributed by atoms with Crippen molar-refractivity contribution in [2.75, 3.05) is 11.6 Å². The topological polar surface area (TPSA) is 113 Å². The second-order valence-corrected chi connectivity index (χ2v) is 3.96. The van der Waals surface area contributed by atoms with E-state index >= 15 is 0 Å². The zero-order chi connectivity index (χ0) is 13.7. The molecule has 0 unspecified atom stereocenters. The van der Waals surface area contributed by atoms with Crippen LogP contribution in [0, 0.1) is 0 Å². The standard InChI is InChI=1S/C11H14ClN3O3/c12-10-5-8(1-2-9(10)11(17)18)15(14)6-7(13)3-4-16/h1-2,5-6,16H,3-4,13-14H2,(H,17,18)/b7-6-. The van der Waals surface area contributed by atoms with Gasteiger partial charge in [-0.2, -0.15) is 0 Å². The SMILES string of the molecule is N/C(=C\N(N)c1ccc(C(=O)O)c(Cl)c1)CCO. The molecule has 0 spiro atoms. The maximum Gasteiger partial charge on any atom is 0.337 e. The second-order valence-electron chi connectivity index (χ2n) is 3.55. The Kier molecular flexibility index (Phi) is 4.96. The number of hydrogen-bond acceptors (Lipinski definition) is 5. The van der Waals surface area contributed by atoms with E-state index in [-0.39, 0.29) is 17.2 Å². The van der Waals surface area contributed by atoms with Gasteiger partial charge in [-0.3, -0.25) is 5.01 Å². The summed E-state index contributed by atoms with van der Waals surface area (Å²) in [5, 5.41) is 18.8. The average molecular weight is 272 g/mol. The van der Waals surface area contributed by atoms with Gasteiger partial charge in [0.2, 0.25) is 0 Å². The number of anilines is 1. The average Bonchev–Trinajstić information content (AvgIpc) is 2.28. The number of aliphatic hydroxyl groups excluding tert-OH is 1. The fourth-order valence-corrected chi connectivity index (χ4v) is 1.54. The van der Waals surface area contributed by atoms with Gasteiger partial charge >= 0.3 is 5.97 Å². The Hall–Kier alpha value is -1.76. The Balaban J connectivity index is 2.94. The Morgan fingerprint density at radius 2 is 2.17 bits per heavy atom. The van der Waals surface area contributed by atoms with E-state index in [4.69, 9.17) is 33.4 Å². The van der Waals surface area contributed by atoms with E-state index < -0.39 is 5.97 Å². The lowest BCUT2D eigenvalue weighted by Gasteiger charge is -2.15. The highest BCUT2D eigenvalue weighted by molar-refractivity contribution is 6.33. The molecule has 0 aliphatic carbocycles. The maximum absolute atomic E-state index is 10.8. The molecule has 0 aliphatic heterocycles. The van der Waals surface area contributed by atoms with Crippen LogP contribution in [0.5, 0.6) is 0 Å². The number of nitrogens with two attached hydrogens (primary N) is 2. The number of nitrogens with zero attached hydrogens (tertiary/aromatic N) is 1. The quantitative estimate of drug-likeness (QED) is 0.467. The summed E-state index contributed by atoms with van der Waals surface area (Å²) in [6.45, 7) is -0.0745. The maximum atomic E-state index is 10.8. The number of carboxylic acid groups (broad SMARTS) is 1. The molecule has 0 radical (unpaired) electrons. The van der Waals surface area contributed by atoms with Gasteiger partial charge in [-0.05, 0) is 18.2 Å². The summed E-state index contributed by atoms with van der Waals surface area (Å²) in [7, 11) is 0. The van der Waals surface area contributed by atoms with Gasteiger partial charge in [-0.15, -0.1) is 0 Å². The summed E-state index contributed by atoms with van der Waals surface area (Å²) in [5.74, 6) is 4.60. The van der Waals surface area contributed by atoms with Gasteiger partial charge < -0.3 is 15.9 Å². The summed E-state index contributed by atoms with van der Waals surface area (Å²) in [4.78, 5) is 10.8. The van der Waals surface area contributed by atoms with Crippen LogP contribution < -0.4 is 16.6 Å². The molecule has 1 rings (SSSR count). The van der Waals surface area contributed by atoms with Crippen molar-refractivity contribution in [2.45, 2.75) is 6.42 Å². The lowest BCUT2D eigenvalue weighted by molar-refractivity contribution is 0.0697. The van der Waals surface area contributed by atoms with E-state index in [1.807, 2.05) is 0 Å². The summed E-state index contributed by atoms with van der Waals surface area (Å²) < 4.78 is 0. The van der Waals surface area contributed by atoms with Crippen molar-refractivity contribution in [1.82, 2.24) is 0 Å². The summed E-state index contributed by atoms with van der Waals surface area (Å²) in [5.41, 5.74) is 6.48. The third kappa shape index (κ3) is 3.63. The van der Waals surface area contributed by atoms with E-state index in [1.165, 1.54) is 29.4 Å². The van der Waals surface area contributed by atoms with Crippen molar-refractivity contribution in [2.24, 2.45) is 11.6 Å². The molecule has 1 aromatic rings. The third-order valence-corrected chi connectivity index (χ3v) is 2.50. The smallest absolute Gasteiger partial charge is 0.337 e. The molecule has 7 heteroatoms. The third-order valence-electron chi connectivity index (χ3n) is 2.19. The molecule has 0 aliphatic rings. The number of carboxylic acids is 1. The van der Waals surface area contributed by atoms with Crippen LogP contribution in [0.2, 0.25) is 5.02 Å². The van der Waals surface area contributed by atoms with Gasteiger partial charge in [-0.25, -0.2) is 10.6 Å². The molecular weight excluding hydrogens is 258 g/mol. The molecule has 0 saturated heterocycles. The zero-order valence-corrected chi connectivity index (χ0v) is 10.3. The first-order chi connectivity index (χ1) is 8.45. The lowest BCUT2D eigenvalue weighted by Crippen LogP contribution is -2.26. The predicted molar refractivity (Wildman–Crippen MR) is 69.1 cm³/mol. The van der Waals surface area contributed by atoms with Crippen molar-refractivity contribution < 1.29 is 15.0 Å². The van der Waals surface area contributed by atoms with E-state index in [9.17, 15) is 4.79 Å². The van der Waals surface area contributed by atoms with Crippen LogP contribution in [0.15, 0.2) is 30.1 Å². The molecule has 0 bridgehead atoms. The first-order valence-corrected chi connectivity index (χ1v) is 5.47. The van der Waals surface area contributed by atoms with Crippen LogP contribution in [-0.4, -0.2) is 22.8 Å². The number of benzene rings is 1. The van der Waals surface area contributed by atoms with E-state index in [0.29, 0.717) is 17.8 Å². The van der Waals surface area contributed by atoms with Gasteiger partial charge in [0.1, 0.15) is 0 Å². The molecule has 18 heavy (non-hydrogen) atoms. The van der Waals surface area contributed by atoms with Gasteiger partial charge in [0.05, 0.1) is 16.3 Å². The number of hydrogen-bond donors (Lipinski definition) is 4. The molecular formula is C11H14ClN3O3. The van der Waals surface area contributed by atoms with E-state index in [2.05, 4.69) is 0 Å². The number of carbonyl (C=O) groups is 1. The Labute approximate surface area is 109 Å². The number of aromatic carboxylic acids is 1. The second kappa shape index (κ2) is 6.25. The van der Waals surface area contributed by atoms with Crippen LogP contribution >= 0.6 is 11.6 Å². The molecule has 0 fully saturated rings. The van der Waals surface area contributed by atoms with Crippen LogP contribution in [0.1, 0.15) is 16.8 Å². The van der Waals surface area contributed by atoms with Crippen LogP contribution in [-0.2, 0) is 0 Å². The molecule has 0 atom stereocenters. The molecule has 6 N–H and O–H groups in total. The largest absolute Gasteiger partial charge is 0.478 e. The molecule has 1 aromatic carbocycles. The van der Waals surface area contributed by atoms with Crippen LogP contribution in [0.4, 0.5) is 5.69 Å². The number of halogens is 1. The summed E-state index contributed by atoms with van der Waals surface area (Å²) >= 11 is 5.81. The lowest BCUT2D eigenvalue weighted by atomic mass is 10.2. The van der Waals surface area contributed by atoms with Gasteiger partial charge in [0, 0.05) is 24.9 Å². The minimum atomic E-state index is -1.11. The first-order valence-electron chi connectivity index (χ1n) is 5.09. The number of rotatable bonds is 5. The highest BCUT2D eigenvalue weighted by Crippen LogP contribution is 2.22. The van der Waals surface area contributed by atoms with Crippen molar-refractivity contribution >= 4 is 23.3 Å². The van der Waals surface area contributed by atoms with Crippen molar-refractivity contribution in [3.05, 3.63) is 40.7 Å². The van der Waals surface area contributed by atoms with Gasteiger partial charge in [0.25, 0.3) is 0 Å². The van der Waals surface area contributed by atoms with Crippen molar-refractivity contribution in [1.29, 1.82) is 0 Å². The molecule has 0 amide bonds. The highest BCUT2D eigenvalue weighted by atomic mass is 35.5. The molecule has 0 heterocycles. The fraction of sp³-hybridized carbons (Fsp3) is 0.182. The van der Waals surface area contributed by atoms with Gasteiger partial charge in [-0.1, -0.05) is 11.6 Å². The Bertz CT molecular complexity index is 477. The summed E-state index contributed by atoms with van der Waals surface area (Å²) in [6, 6.07) is 4.29. The molecule has 0 saturated carbocycles. The van der Waals surface area contributed by atoms with Crippen molar-refractivity contribution in [3.8, 4) is 0 Å². The first kappa shape index (κ1) is 14.3. The highest BCUT2D eigenvalue weighted by Gasteiger charge is 2.10. The molecule has 6 nitrogen and oxygen atoms in total. The van der Waals surface area contributed by atoms with Gasteiger partial charge in [0.15, 0.2) is 0 Å². The van der Waals surface area contributed by atoms with E-state index in [0.717, 1.165) is 0 Å². The number of hydrazine groups is 1. The van der Waals surface area contributed by atoms with Crippen LogP contribution in [0.25, 0.3) is 0 Å². The predicted octanol–water partition coefficient (Wildman–Crippen LogP) is 0.901. The molecule has 0 aromatic heterocycles. The Morgan fingerprint density at radius 3 is 2.67 bits per heavy atom. The fourth-order valence-electron chi connectivity index (χ4n) is 1.28. The normalized spacial score (nSPS) is 11.4.